The van der Waals surface area contributed by atoms with E-state index in [9.17, 15) is 33.9 Å². The smallest absolute Gasteiger partial charge is 0.329 e. The molecule has 5 atom stereocenters. The van der Waals surface area contributed by atoms with Gasteiger partial charge in [-0.15, -0.1) is 0 Å². The van der Waals surface area contributed by atoms with E-state index in [0.29, 0.717) is 51.5 Å². The monoisotopic (exact) mass is 635 g/mol. The lowest BCUT2D eigenvalue weighted by Gasteiger charge is -2.36. The molecule has 6 N–H and O–H groups in total. The molecule has 5 aliphatic rings. The highest BCUT2D eigenvalue weighted by Crippen LogP contribution is 2.65. The van der Waals surface area contributed by atoms with Crippen LogP contribution in [0.1, 0.15) is 76.3 Å². The largest absolute Gasteiger partial charge is 0.480 e. The van der Waals surface area contributed by atoms with Crippen LogP contribution >= 0.6 is 0 Å². The molecule has 1 aliphatic heterocycles. The van der Waals surface area contributed by atoms with Crippen LogP contribution < -0.4 is 21.7 Å². The van der Waals surface area contributed by atoms with Crippen LogP contribution in [0.4, 0.5) is 4.79 Å². The van der Waals surface area contributed by atoms with Crippen molar-refractivity contribution in [2.24, 2.45) is 34.8 Å². The van der Waals surface area contributed by atoms with E-state index in [1.54, 1.807) is 0 Å². The first-order valence-electron chi connectivity index (χ1n) is 16.7. The highest BCUT2D eigenvalue weighted by molar-refractivity contribution is 6.37. The van der Waals surface area contributed by atoms with Crippen molar-refractivity contribution in [3.05, 3.63) is 35.4 Å². The molecule has 12 nitrogen and oxygen atoms in total. The third-order valence-electron chi connectivity index (χ3n) is 11.8. The number of likely N-dealkylation sites (tertiary alicyclic amines) is 1. The van der Waals surface area contributed by atoms with Crippen LogP contribution in [-0.4, -0.2) is 75.7 Å². The van der Waals surface area contributed by atoms with E-state index in [1.165, 1.54) is 4.90 Å². The van der Waals surface area contributed by atoms with Crippen molar-refractivity contribution in [1.29, 1.82) is 0 Å². The van der Waals surface area contributed by atoms with Gasteiger partial charge in [-0.1, -0.05) is 70.2 Å². The van der Waals surface area contributed by atoms with Crippen LogP contribution in [-0.2, 0) is 36.8 Å². The van der Waals surface area contributed by atoms with Gasteiger partial charge in [-0.3, -0.25) is 19.2 Å². The molecule has 12 heteroatoms. The Labute approximate surface area is 268 Å². The number of hydrogen-bond acceptors (Lipinski definition) is 6. The molecule has 4 fully saturated rings. The third-order valence-corrected chi connectivity index (χ3v) is 11.8. The normalized spacial score (nSPS) is 27.0. The quantitative estimate of drug-likeness (QED) is 0.229. The zero-order valence-electron chi connectivity index (χ0n) is 26.6. The van der Waals surface area contributed by atoms with E-state index >= 15 is 0 Å². The molecular weight excluding hydrogens is 590 g/mol. The summed E-state index contributed by atoms with van der Waals surface area (Å²) in [5.74, 6) is -4.17. The van der Waals surface area contributed by atoms with E-state index in [1.807, 2.05) is 24.3 Å². The number of piperidine rings is 1. The first-order chi connectivity index (χ1) is 21.8. The van der Waals surface area contributed by atoms with Crippen molar-refractivity contribution in [2.75, 3.05) is 6.54 Å². The number of carbonyl (C=O) groups excluding carboxylic acids is 5. The van der Waals surface area contributed by atoms with E-state index in [2.05, 4.69) is 29.8 Å². The van der Waals surface area contributed by atoms with Crippen molar-refractivity contribution in [3.8, 4) is 0 Å². The number of ketones is 1. The molecular formula is C34H45N5O7. The van der Waals surface area contributed by atoms with Crippen molar-refractivity contribution in [1.82, 2.24) is 20.9 Å². The Morgan fingerprint density at radius 2 is 1.61 bits per heavy atom. The Kier molecular flexibility index (Phi) is 8.35. The minimum absolute atomic E-state index is 0.0492. The third kappa shape index (κ3) is 5.75. The van der Waals surface area contributed by atoms with Crippen LogP contribution in [0.15, 0.2) is 24.3 Å². The van der Waals surface area contributed by atoms with Gasteiger partial charge >= 0.3 is 12.0 Å². The van der Waals surface area contributed by atoms with E-state index in [-0.39, 0.29) is 29.1 Å². The predicted molar refractivity (Wildman–Crippen MR) is 166 cm³/mol. The van der Waals surface area contributed by atoms with Crippen LogP contribution in [0.25, 0.3) is 0 Å². The maximum Gasteiger partial charge on any atom is 0.329 e. The molecule has 0 spiro atoms. The number of nitrogens with one attached hydrogen (secondary N) is 3. The first-order valence-corrected chi connectivity index (χ1v) is 16.7. The SMILES string of the molecule is CC1(C)[C@@H]2[C@@H](C(=O)NC(CC3CCC3)C(=O)C(N)=O)N(C(=O)[C@@H](NC(=O)NC3(C(=O)O)CCCC3)C3Cc4ccccc4C3)C[C@@H]21. The summed E-state index contributed by atoms with van der Waals surface area (Å²) in [6, 6.07) is 4.15. The van der Waals surface area contributed by atoms with Gasteiger partial charge in [0, 0.05) is 6.54 Å². The lowest BCUT2D eigenvalue weighted by Crippen LogP contribution is -2.62. The van der Waals surface area contributed by atoms with Crippen LogP contribution in [0.5, 0.6) is 0 Å². The minimum Gasteiger partial charge on any atom is -0.480 e. The Morgan fingerprint density at radius 1 is 0.978 bits per heavy atom. The number of carboxylic acid groups (broad SMARTS) is 1. The molecule has 46 heavy (non-hydrogen) atoms. The second kappa shape index (κ2) is 12.0. The molecule has 6 rings (SSSR count). The van der Waals surface area contributed by atoms with Gasteiger partial charge in [0.2, 0.25) is 17.6 Å². The lowest BCUT2D eigenvalue weighted by atomic mass is 9.80. The number of carbonyl (C=O) groups is 6. The maximum absolute atomic E-state index is 14.6. The van der Waals surface area contributed by atoms with E-state index in [4.69, 9.17) is 5.73 Å². The highest BCUT2D eigenvalue weighted by Gasteiger charge is 2.70. The molecule has 1 aromatic rings. The predicted octanol–water partition coefficient (Wildman–Crippen LogP) is 1.68. The first kappa shape index (κ1) is 32.0. The highest BCUT2D eigenvalue weighted by atomic mass is 16.4. The van der Waals surface area contributed by atoms with Gasteiger partial charge in [0.15, 0.2) is 0 Å². The molecule has 4 aliphatic carbocycles. The van der Waals surface area contributed by atoms with Crippen LogP contribution in [0.3, 0.4) is 0 Å². The van der Waals surface area contributed by atoms with Crippen LogP contribution in [0.2, 0.25) is 0 Å². The summed E-state index contributed by atoms with van der Waals surface area (Å²) in [5.41, 5.74) is 5.90. The van der Waals surface area contributed by atoms with E-state index in [0.717, 1.165) is 30.4 Å². The average molecular weight is 636 g/mol. The molecule has 1 aromatic carbocycles. The molecule has 1 unspecified atom stereocenters. The number of nitrogens with two attached hydrogens (primary N) is 1. The number of nitrogens with zero attached hydrogens (tertiary/aromatic N) is 1. The summed E-state index contributed by atoms with van der Waals surface area (Å²) in [6.07, 6.45) is 6.21. The van der Waals surface area contributed by atoms with Crippen molar-refractivity contribution in [3.63, 3.8) is 0 Å². The zero-order valence-corrected chi connectivity index (χ0v) is 26.6. The van der Waals surface area contributed by atoms with Gasteiger partial charge in [-0.05, 0) is 72.3 Å². The van der Waals surface area contributed by atoms with Gasteiger partial charge < -0.3 is 31.7 Å². The summed E-state index contributed by atoms with van der Waals surface area (Å²) in [4.78, 5) is 80.4. The summed E-state index contributed by atoms with van der Waals surface area (Å²) in [6.45, 7) is 4.41. The van der Waals surface area contributed by atoms with Crippen LogP contribution in [0, 0.1) is 29.1 Å². The summed E-state index contributed by atoms with van der Waals surface area (Å²) in [7, 11) is 0. The number of Topliss-reactive ketones (excluding diaryl/α,β-unsaturated/α-hetero) is 1. The molecule has 1 heterocycles. The van der Waals surface area contributed by atoms with Gasteiger partial charge in [-0.25, -0.2) is 9.59 Å². The number of urea groups is 1. The molecule has 5 amide bonds. The zero-order chi connectivity index (χ0) is 33.0. The second-order valence-electron chi connectivity index (χ2n) is 14.8. The average Bonchev–Trinajstić information content (AvgIpc) is 3.53. The number of hydrogen-bond donors (Lipinski definition) is 5. The Hall–Kier alpha value is -3.96. The Bertz CT molecular complexity index is 1420. The standard InChI is InChI=1S/C34H45N5O7/c1-33(2)22-17-39(26(24(22)33)29(42)36-23(27(40)28(35)41)14-18-8-7-9-18)30(43)25(21-15-19-10-3-4-11-20(19)16-21)37-32(46)38-34(31(44)45)12-5-6-13-34/h3-4,10-11,18,21-26H,5-9,12-17H2,1-2H3,(H2,35,41)(H,36,42)(H,44,45)(H2,37,38,46)/t22-,23?,24-,25-,26-/m0/s1. The van der Waals surface area contributed by atoms with Gasteiger partial charge in [0.1, 0.15) is 17.6 Å². The summed E-state index contributed by atoms with van der Waals surface area (Å²) in [5, 5.41) is 18.3. The number of aliphatic carboxylic acids is 1. The molecule has 3 saturated carbocycles. The fraction of sp³-hybridized carbons (Fsp3) is 0.647. The number of amides is 5. The van der Waals surface area contributed by atoms with Gasteiger partial charge in [-0.2, -0.15) is 0 Å². The summed E-state index contributed by atoms with van der Waals surface area (Å²) >= 11 is 0. The molecule has 248 valence electrons. The number of primary amides is 1. The topological polar surface area (TPSA) is 188 Å². The minimum atomic E-state index is -1.39. The summed E-state index contributed by atoms with van der Waals surface area (Å²) < 4.78 is 0. The van der Waals surface area contributed by atoms with Crippen molar-refractivity contribution >= 4 is 35.5 Å². The number of rotatable bonds is 11. The number of carboxylic acids is 1. The van der Waals surface area contributed by atoms with Crippen molar-refractivity contribution in [2.45, 2.75) is 102 Å². The molecule has 0 bridgehead atoms. The second-order valence-corrected chi connectivity index (χ2v) is 14.8. The Morgan fingerprint density at radius 3 is 2.15 bits per heavy atom. The Balaban J connectivity index is 1.25. The molecule has 0 radical (unpaired) electrons. The molecule has 1 saturated heterocycles. The van der Waals surface area contributed by atoms with E-state index < -0.39 is 59.2 Å². The lowest BCUT2D eigenvalue weighted by molar-refractivity contribution is -0.144. The number of fused-ring (bicyclic) bond motifs is 2. The van der Waals surface area contributed by atoms with Gasteiger partial charge in [0.25, 0.3) is 5.91 Å². The van der Waals surface area contributed by atoms with Crippen molar-refractivity contribution < 1.29 is 33.9 Å². The van der Waals surface area contributed by atoms with Gasteiger partial charge in [0.05, 0.1) is 6.04 Å². The maximum atomic E-state index is 14.6. The number of benzene rings is 1. The fourth-order valence-corrected chi connectivity index (χ4v) is 8.69. The molecule has 0 aromatic heterocycles. The fourth-order valence-electron chi connectivity index (χ4n) is 8.69.